The van der Waals surface area contributed by atoms with Gasteiger partial charge in [0.15, 0.2) is 0 Å². The number of nitrogens with one attached hydrogen (secondary N) is 1. The van der Waals surface area contributed by atoms with Crippen LogP contribution in [0.2, 0.25) is 0 Å². The molecule has 1 rings (SSSR count). The molecule has 0 aromatic heterocycles. The van der Waals surface area contributed by atoms with Crippen LogP contribution in [0.15, 0.2) is 30.3 Å². The van der Waals surface area contributed by atoms with E-state index in [4.69, 9.17) is 5.11 Å². The topological polar surface area (TPSA) is 49.3 Å². The van der Waals surface area contributed by atoms with Crippen molar-refractivity contribution >= 4 is 5.97 Å². The lowest BCUT2D eigenvalue weighted by atomic mass is 10.1. The fourth-order valence-corrected chi connectivity index (χ4v) is 1.75. The number of carbonyl (C=O) groups is 1. The number of carboxylic acids is 1. The van der Waals surface area contributed by atoms with Crippen LogP contribution in [0.3, 0.4) is 0 Å². The second-order valence-electron chi connectivity index (χ2n) is 4.24. The molecule has 0 bridgehead atoms. The molecule has 1 aromatic carbocycles. The first-order valence-corrected chi connectivity index (χ1v) is 6.24. The fourth-order valence-electron chi connectivity index (χ4n) is 1.75. The Morgan fingerprint density at radius 2 is 2.00 bits per heavy atom. The monoisotopic (exact) mass is 235 g/mol. The van der Waals surface area contributed by atoms with E-state index in [1.165, 1.54) is 0 Å². The molecule has 17 heavy (non-hydrogen) atoms. The minimum absolute atomic E-state index is 0.478. The van der Waals surface area contributed by atoms with Gasteiger partial charge in [0.25, 0.3) is 0 Å². The third-order valence-corrected chi connectivity index (χ3v) is 2.75. The van der Waals surface area contributed by atoms with E-state index < -0.39 is 12.0 Å². The van der Waals surface area contributed by atoms with Crippen molar-refractivity contribution in [3.8, 4) is 0 Å². The van der Waals surface area contributed by atoms with Gasteiger partial charge in [0.1, 0.15) is 6.04 Å². The van der Waals surface area contributed by atoms with E-state index in [1.54, 1.807) is 0 Å². The van der Waals surface area contributed by atoms with E-state index >= 15 is 0 Å². The second kappa shape index (κ2) is 7.85. The van der Waals surface area contributed by atoms with Crippen molar-refractivity contribution in [2.45, 2.75) is 38.6 Å². The second-order valence-corrected chi connectivity index (χ2v) is 4.24. The number of rotatable bonds is 8. The lowest BCUT2D eigenvalue weighted by Crippen LogP contribution is -2.39. The summed E-state index contributed by atoms with van der Waals surface area (Å²) in [7, 11) is 0. The zero-order valence-corrected chi connectivity index (χ0v) is 10.4. The van der Waals surface area contributed by atoms with Crippen LogP contribution in [-0.4, -0.2) is 23.7 Å². The summed E-state index contributed by atoms with van der Waals surface area (Å²) in [6, 6.07) is 9.26. The van der Waals surface area contributed by atoms with Crippen molar-refractivity contribution < 1.29 is 9.90 Å². The molecule has 94 valence electrons. The Bertz CT molecular complexity index is 324. The SMILES string of the molecule is CCCCCN[C@H](Cc1ccccc1)C(=O)O. The van der Waals surface area contributed by atoms with Crippen LogP contribution in [0.5, 0.6) is 0 Å². The highest BCUT2D eigenvalue weighted by atomic mass is 16.4. The van der Waals surface area contributed by atoms with Crippen molar-refractivity contribution in [2.24, 2.45) is 0 Å². The molecule has 0 aliphatic carbocycles. The lowest BCUT2D eigenvalue weighted by Gasteiger charge is -2.14. The van der Waals surface area contributed by atoms with E-state index in [-0.39, 0.29) is 0 Å². The maximum Gasteiger partial charge on any atom is 0.321 e. The molecule has 0 saturated carbocycles. The summed E-state index contributed by atoms with van der Waals surface area (Å²) >= 11 is 0. The summed E-state index contributed by atoms with van der Waals surface area (Å²) in [6.45, 7) is 2.91. The summed E-state index contributed by atoms with van der Waals surface area (Å²) in [5.41, 5.74) is 1.06. The van der Waals surface area contributed by atoms with Crippen molar-refractivity contribution in [3.05, 3.63) is 35.9 Å². The number of aliphatic carboxylic acids is 1. The van der Waals surface area contributed by atoms with Gasteiger partial charge < -0.3 is 10.4 Å². The molecular formula is C14H21NO2. The highest BCUT2D eigenvalue weighted by molar-refractivity contribution is 5.73. The van der Waals surface area contributed by atoms with Gasteiger partial charge in [-0.05, 0) is 24.9 Å². The molecule has 3 nitrogen and oxygen atoms in total. The largest absolute Gasteiger partial charge is 0.480 e. The van der Waals surface area contributed by atoms with Gasteiger partial charge in [-0.15, -0.1) is 0 Å². The first kappa shape index (κ1) is 13.7. The minimum atomic E-state index is -0.773. The molecule has 0 fully saturated rings. The standard InChI is InChI=1S/C14H21NO2/c1-2-3-7-10-15-13(14(16)17)11-12-8-5-4-6-9-12/h4-6,8-9,13,15H,2-3,7,10-11H2,1H3,(H,16,17)/t13-/m1/s1. The highest BCUT2D eigenvalue weighted by Crippen LogP contribution is 2.04. The lowest BCUT2D eigenvalue weighted by molar-refractivity contribution is -0.139. The molecule has 1 aromatic rings. The fraction of sp³-hybridized carbons (Fsp3) is 0.500. The van der Waals surface area contributed by atoms with Gasteiger partial charge >= 0.3 is 5.97 Å². The van der Waals surface area contributed by atoms with Crippen LogP contribution < -0.4 is 5.32 Å². The highest BCUT2D eigenvalue weighted by Gasteiger charge is 2.16. The Morgan fingerprint density at radius 3 is 2.59 bits per heavy atom. The molecule has 1 atom stereocenters. The predicted octanol–water partition coefficient (Wildman–Crippen LogP) is 2.46. The summed E-state index contributed by atoms with van der Waals surface area (Å²) < 4.78 is 0. The molecule has 2 N–H and O–H groups in total. The van der Waals surface area contributed by atoms with Crippen molar-refractivity contribution in [1.82, 2.24) is 5.32 Å². The van der Waals surface area contributed by atoms with Crippen molar-refractivity contribution in [1.29, 1.82) is 0 Å². The van der Waals surface area contributed by atoms with Crippen molar-refractivity contribution in [2.75, 3.05) is 6.54 Å². The van der Waals surface area contributed by atoms with E-state index in [1.807, 2.05) is 30.3 Å². The molecule has 0 aliphatic heterocycles. The summed E-state index contributed by atoms with van der Waals surface area (Å²) in [6.07, 6.45) is 3.88. The Labute approximate surface area is 103 Å². The molecule has 0 radical (unpaired) electrons. The Kier molecular flexibility index (Phi) is 6.33. The van der Waals surface area contributed by atoms with Gasteiger partial charge in [-0.25, -0.2) is 0 Å². The zero-order chi connectivity index (χ0) is 12.5. The number of hydrogen-bond acceptors (Lipinski definition) is 2. The Hall–Kier alpha value is -1.35. The Morgan fingerprint density at radius 1 is 1.29 bits per heavy atom. The number of unbranched alkanes of at least 4 members (excludes halogenated alkanes) is 2. The molecule has 0 unspecified atom stereocenters. The van der Waals surface area contributed by atoms with E-state index in [9.17, 15) is 4.79 Å². The summed E-state index contributed by atoms with van der Waals surface area (Å²) in [5, 5.41) is 12.2. The van der Waals surface area contributed by atoms with Gasteiger partial charge in [0, 0.05) is 0 Å². The van der Waals surface area contributed by atoms with Crippen LogP contribution in [0.1, 0.15) is 31.7 Å². The molecule has 0 spiro atoms. The molecule has 0 amide bonds. The van der Waals surface area contributed by atoms with Gasteiger partial charge in [-0.3, -0.25) is 4.79 Å². The van der Waals surface area contributed by atoms with Crippen LogP contribution in [-0.2, 0) is 11.2 Å². The van der Waals surface area contributed by atoms with Crippen molar-refractivity contribution in [3.63, 3.8) is 0 Å². The predicted molar refractivity (Wildman–Crippen MR) is 69.1 cm³/mol. The van der Waals surface area contributed by atoms with Gasteiger partial charge in [0.2, 0.25) is 0 Å². The first-order valence-electron chi connectivity index (χ1n) is 6.24. The molecular weight excluding hydrogens is 214 g/mol. The quantitative estimate of drug-likeness (QED) is 0.680. The zero-order valence-electron chi connectivity index (χ0n) is 10.4. The third kappa shape index (κ3) is 5.50. The minimum Gasteiger partial charge on any atom is -0.480 e. The molecule has 0 saturated heterocycles. The number of benzene rings is 1. The smallest absolute Gasteiger partial charge is 0.321 e. The van der Waals surface area contributed by atoms with E-state index in [0.29, 0.717) is 6.42 Å². The van der Waals surface area contributed by atoms with E-state index in [0.717, 1.165) is 31.4 Å². The maximum absolute atomic E-state index is 11.1. The van der Waals surface area contributed by atoms with E-state index in [2.05, 4.69) is 12.2 Å². The summed E-state index contributed by atoms with van der Waals surface area (Å²) in [4.78, 5) is 11.1. The van der Waals surface area contributed by atoms with Crippen LogP contribution in [0, 0.1) is 0 Å². The Balaban J connectivity index is 2.41. The van der Waals surface area contributed by atoms with Gasteiger partial charge in [0.05, 0.1) is 0 Å². The molecule has 0 aliphatic rings. The van der Waals surface area contributed by atoms with Gasteiger partial charge in [-0.2, -0.15) is 0 Å². The normalized spacial score (nSPS) is 12.3. The van der Waals surface area contributed by atoms with Crippen LogP contribution in [0.4, 0.5) is 0 Å². The average molecular weight is 235 g/mol. The molecule has 0 heterocycles. The number of hydrogen-bond donors (Lipinski definition) is 2. The van der Waals surface area contributed by atoms with Crippen LogP contribution in [0.25, 0.3) is 0 Å². The third-order valence-electron chi connectivity index (χ3n) is 2.75. The average Bonchev–Trinajstić information content (AvgIpc) is 2.34. The molecule has 3 heteroatoms. The van der Waals surface area contributed by atoms with Crippen LogP contribution >= 0.6 is 0 Å². The first-order chi connectivity index (χ1) is 8.24. The van der Waals surface area contributed by atoms with Gasteiger partial charge in [-0.1, -0.05) is 50.1 Å². The number of carboxylic acid groups (broad SMARTS) is 1. The summed E-state index contributed by atoms with van der Waals surface area (Å²) in [5.74, 6) is -0.773. The maximum atomic E-state index is 11.1.